The van der Waals surface area contributed by atoms with Crippen LogP contribution in [0.2, 0.25) is 0 Å². The molecule has 0 aliphatic heterocycles. The zero-order chi connectivity index (χ0) is 19.9. The van der Waals surface area contributed by atoms with Crippen LogP contribution in [0.3, 0.4) is 0 Å². The molecule has 1 aromatic heterocycles. The van der Waals surface area contributed by atoms with Crippen molar-refractivity contribution in [2.45, 2.75) is 33.6 Å². The molecule has 0 aliphatic rings. The van der Waals surface area contributed by atoms with E-state index in [1.54, 1.807) is 0 Å². The van der Waals surface area contributed by atoms with Gasteiger partial charge in [-0.25, -0.2) is 14.8 Å². The van der Waals surface area contributed by atoms with E-state index in [0.29, 0.717) is 26.7 Å². The fourth-order valence-electron chi connectivity index (χ4n) is 2.45. The molecule has 144 valence electrons. The first-order chi connectivity index (χ1) is 13.6. The van der Waals surface area contributed by atoms with E-state index in [2.05, 4.69) is 34.2 Å². The Morgan fingerprint density at radius 3 is 1.93 bits per heavy atom. The largest absolute Gasteiger partial charge is 0.477 e. The highest BCUT2D eigenvalue weighted by Crippen LogP contribution is 2.33. The molecule has 3 aromatic rings. The number of benzene rings is 2. The second kappa shape index (κ2) is 10.0. The number of aromatic carboxylic acids is 1. The summed E-state index contributed by atoms with van der Waals surface area (Å²) in [7, 11) is 0. The van der Waals surface area contributed by atoms with Crippen LogP contribution in [-0.2, 0) is 11.5 Å². The zero-order valence-corrected chi connectivity index (χ0v) is 18.0. The SMILES string of the molecule is CSc1nc(SCc2ccccc2)c(C(=O)O)c(SCc2ccc(C)cc2)n1. The summed E-state index contributed by atoms with van der Waals surface area (Å²) in [5.41, 5.74) is 3.65. The predicted molar refractivity (Wildman–Crippen MR) is 118 cm³/mol. The second-order valence-corrected chi connectivity index (χ2v) is 8.75. The van der Waals surface area contributed by atoms with Gasteiger partial charge in [0.25, 0.3) is 0 Å². The summed E-state index contributed by atoms with van der Waals surface area (Å²) >= 11 is 4.30. The maximum Gasteiger partial charge on any atom is 0.341 e. The highest BCUT2D eigenvalue weighted by Gasteiger charge is 2.21. The third-order valence-electron chi connectivity index (χ3n) is 3.93. The molecule has 0 saturated carbocycles. The molecule has 1 N–H and O–H groups in total. The highest BCUT2D eigenvalue weighted by atomic mass is 32.2. The normalized spacial score (nSPS) is 10.8. The van der Waals surface area contributed by atoms with Crippen molar-refractivity contribution in [2.75, 3.05) is 6.26 Å². The lowest BCUT2D eigenvalue weighted by Gasteiger charge is -2.11. The van der Waals surface area contributed by atoms with Crippen molar-refractivity contribution in [1.82, 2.24) is 9.97 Å². The van der Waals surface area contributed by atoms with E-state index in [4.69, 9.17) is 0 Å². The number of hydrogen-bond acceptors (Lipinski definition) is 6. The molecule has 0 bridgehead atoms. The van der Waals surface area contributed by atoms with Crippen LogP contribution in [0.25, 0.3) is 0 Å². The van der Waals surface area contributed by atoms with Gasteiger partial charge in [-0.05, 0) is 24.3 Å². The molecule has 0 aliphatic carbocycles. The summed E-state index contributed by atoms with van der Waals surface area (Å²) in [5.74, 6) is 0.331. The van der Waals surface area contributed by atoms with E-state index in [1.165, 1.54) is 40.8 Å². The topological polar surface area (TPSA) is 63.1 Å². The standard InChI is InChI=1S/C21H20N2O2S3/c1-14-8-10-16(11-9-14)13-28-19-17(20(24)25)18(22-21(23-19)26-2)27-12-15-6-4-3-5-7-15/h3-11H,12-13H2,1-2H3,(H,24,25). The number of carboxylic acids is 1. The van der Waals surface area contributed by atoms with Crippen LogP contribution in [0.1, 0.15) is 27.0 Å². The highest BCUT2D eigenvalue weighted by molar-refractivity contribution is 7.99. The van der Waals surface area contributed by atoms with E-state index in [9.17, 15) is 9.90 Å². The van der Waals surface area contributed by atoms with Crippen LogP contribution >= 0.6 is 35.3 Å². The van der Waals surface area contributed by atoms with Gasteiger partial charge in [0, 0.05) is 11.5 Å². The maximum absolute atomic E-state index is 12.0. The summed E-state index contributed by atoms with van der Waals surface area (Å²) in [4.78, 5) is 21.0. The molecule has 0 fully saturated rings. The Bertz CT molecular complexity index is 948. The number of nitrogens with zero attached hydrogens (tertiary/aromatic N) is 2. The minimum Gasteiger partial charge on any atom is -0.477 e. The van der Waals surface area contributed by atoms with E-state index >= 15 is 0 Å². The summed E-state index contributed by atoms with van der Waals surface area (Å²) in [6, 6.07) is 18.2. The Balaban J connectivity index is 1.87. The first kappa shape index (κ1) is 20.8. The van der Waals surface area contributed by atoms with Gasteiger partial charge in [0.05, 0.1) is 0 Å². The van der Waals surface area contributed by atoms with Crippen LogP contribution < -0.4 is 0 Å². The third kappa shape index (κ3) is 5.53. The summed E-state index contributed by atoms with van der Waals surface area (Å²) < 4.78 is 0. The average molecular weight is 429 g/mol. The van der Waals surface area contributed by atoms with E-state index in [0.717, 1.165) is 11.1 Å². The minimum absolute atomic E-state index is 0.191. The van der Waals surface area contributed by atoms with Crippen molar-refractivity contribution < 1.29 is 9.90 Å². The fraction of sp³-hybridized carbons (Fsp3) is 0.190. The van der Waals surface area contributed by atoms with Crippen LogP contribution in [0.5, 0.6) is 0 Å². The van der Waals surface area contributed by atoms with Gasteiger partial charge < -0.3 is 5.11 Å². The first-order valence-corrected chi connectivity index (χ1v) is 11.8. The molecule has 0 saturated heterocycles. The second-order valence-electron chi connectivity index (χ2n) is 6.05. The predicted octanol–water partition coefficient (Wildman–Crippen LogP) is 5.79. The van der Waals surface area contributed by atoms with Crippen molar-refractivity contribution in [3.63, 3.8) is 0 Å². The van der Waals surface area contributed by atoms with Crippen molar-refractivity contribution in [3.05, 3.63) is 76.9 Å². The lowest BCUT2D eigenvalue weighted by atomic mass is 10.2. The molecule has 1 heterocycles. The van der Waals surface area contributed by atoms with E-state index in [1.807, 2.05) is 43.5 Å². The minimum atomic E-state index is -0.991. The van der Waals surface area contributed by atoms with Gasteiger partial charge in [-0.2, -0.15) is 0 Å². The van der Waals surface area contributed by atoms with Crippen molar-refractivity contribution >= 4 is 41.3 Å². The number of thioether (sulfide) groups is 3. The summed E-state index contributed by atoms with van der Waals surface area (Å²) in [5, 5.41) is 11.4. The molecule has 0 radical (unpaired) electrons. The van der Waals surface area contributed by atoms with Crippen LogP contribution in [0.4, 0.5) is 0 Å². The lowest BCUT2D eigenvalue weighted by Crippen LogP contribution is -2.07. The first-order valence-electron chi connectivity index (χ1n) is 8.61. The number of aryl methyl sites for hydroxylation is 1. The Hall–Kier alpha value is -1.96. The van der Waals surface area contributed by atoms with Gasteiger partial charge >= 0.3 is 5.97 Å². The number of aromatic nitrogens is 2. The number of rotatable bonds is 8. The van der Waals surface area contributed by atoms with Crippen LogP contribution in [0, 0.1) is 6.92 Å². The zero-order valence-electron chi connectivity index (χ0n) is 15.6. The van der Waals surface area contributed by atoms with Gasteiger partial charge in [0.15, 0.2) is 5.16 Å². The fourth-order valence-corrected chi connectivity index (χ4v) is 4.94. The molecular formula is C21H20N2O2S3. The Morgan fingerprint density at radius 1 is 0.893 bits per heavy atom. The molecule has 0 atom stereocenters. The van der Waals surface area contributed by atoms with Gasteiger partial charge in [-0.3, -0.25) is 0 Å². The molecule has 28 heavy (non-hydrogen) atoms. The maximum atomic E-state index is 12.0. The molecule has 0 unspecified atom stereocenters. The molecule has 3 rings (SSSR count). The van der Waals surface area contributed by atoms with Gasteiger partial charge in [0.1, 0.15) is 15.6 Å². The molecule has 4 nitrogen and oxygen atoms in total. The van der Waals surface area contributed by atoms with Crippen LogP contribution in [0.15, 0.2) is 69.8 Å². The number of carbonyl (C=O) groups is 1. The van der Waals surface area contributed by atoms with Crippen molar-refractivity contribution in [1.29, 1.82) is 0 Å². The smallest absolute Gasteiger partial charge is 0.341 e. The third-order valence-corrected chi connectivity index (χ3v) is 6.57. The molecule has 0 amide bonds. The van der Waals surface area contributed by atoms with Gasteiger partial charge in [0.2, 0.25) is 0 Å². The van der Waals surface area contributed by atoms with Gasteiger partial charge in [-0.1, -0.05) is 71.9 Å². The van der Waals surface area contributed by atoms with E-state index < -0.39 is 5.97 Å². The van der Waals surface area contributed by atoms with Gasteiger partial charge in [-0.15, -0.1) is 23.5 Å². The van der Waals surface area contributed by atoms with Crippen LogP contribution in [-0.4, -0.2) is 27.3 Å². The quantitative estimate of drug-likeness (QED) is 0.277. The number of carboxylic acid groups (broad SMARTS) is 1. The Labute approximate surface area is 177 Å². The molecular weight excluding hydrogens is 408 g/mol. The lowest BCUT2D eigenvalue weighted by molar-refractivity contribution is 0.0686. The van der Waals surface area contributed by atoms with E-state index in [-0.39, 0.29) is 5.56 Å². The van der Waals surface area contributed by atoms with Crippen molar-refractivity contribution in [2.24, 2.45) is 0 Å². The Kier molecular flexibility index (Phi) is 7.42. The number of hydrogen-bond donors (Lipinski definition) is 1. The Morgan fingerprint density at radius 2 is 1.43 bits per heavy atom. The summed E-state index contributed by atoms with van der Waals surface area (Å²) in [6.07, 6.45) is 1.90. The average Bonchev–Trinajstić information content (AvgIpc) is 2.71. The van der Waals surface area contributed by atoms with Crippen molar-refractivity contribution in [3.8, 4) is 0 Å². The molecule has 0 spiro atoms. The molecule has 7 heteroatoms. The monoisotopic (exact) mass is 428 g/mol. The molecule has 2 aromatic carbocycles. The summed E-state index contributed by atoms with van der Waals surface area (Å²) in [6.45, 7) is 2.05.